The zero-order valence-electron chi connectivity index (χ0n) is 11.5. The molecule has 0 bridgehead atoms. The molecule has 1 aromatic rings. The fourth-order valence-corrected chi connectivity index (χ4v) is 1.54. The molecule has 0 spiro atoms. The van der Waals surface area contributed by atoms with Crippen LogP contribution < -0.4 is 0 Å². The van der Waals surface area contributed by atoms with Crippen LogP contribution in [0.15, 0.2) is 4.52 Å². The van der Waals surface area contributed by atoms with E-state index in [2.05, 4.69) is 21.8 Å². The molecule has 0 amide bonds. The standard InChI is InChI=1S/C12H21N3O3/c1-5-6-15(8-11(16)17-4)7-10-13-12(9(2)3)18-14-10/h9H,5-8H2,1-4H3. The quantitative estimate of drug-likeness (QED) is 0.689. The van der Waals surface area contributed by atoms with Gasteiger partial charge in [-0.25, -0.2) is 0 Å². The van der Waals surface area contributed by atoms with Crippen molar-refractivity contribution in [1.29, 1.82) is 0 Å². The number of methoxy groups -OCH3 is 1. The number of hydrogen-bond acceptors (Lipinski definition) is 6. The van der Waals surface area contributed by atoms with Gasteiger partial charge in [0.25, 0.3) is 0 Å². The molecule has 0 unspecified atom stereocenters. The van der Waals surface area contributed by atoms with Crippen LogP contribution in [0.2, 0.25) is 0 Å². The summed E-state index contributed by atoms with van der Waals surface area (Å²) in [5.41, 5.74) is 0. The molecular weight excluding hydrogens is 234 g/mol. The third-order valence-electron chi connectivity index (χ3n) is 2.46. The number of carbonyl (C=O) groups is 1. The number of rotatable bonds is 7. The summed E-state index contributed by atoms with van der Waals surface area (Å²) in [6.45, 7) is 7.58. The van der Waals surface area contributed by atoms with Gasteiger partial charge in [-0.1, -0.05) is 25.9 Å². The smallest absolute Gasteiger partial charge is 0.319 e. The molecule has 0 aromatic carbocycles. The summed E-state index contributed by atoms with van der Waals surface area (Å²) in [5.74, 6) is 1.19. The second-order valence-electron chi connectivity index (χ2n) is 4.49. The first-order valence-electron chi connectivity index (χ1n) is 6.18. The summed E-state index contributed by atoms with van der Waals surface area (Å²) in [5, 5.41) is 3.91. The molecule has 102 valence electrons. The molecule has 0 saturated carbocycles. The minimum absolute atomic E-state index is 0.214. The van der Waals surface area contributed by atoms with E-state index in [9.17, 15) is 4.79 Å². The summed E-state index contributed by atoms with van der Waals surface area (Å²) in [4.78, 5) is 17.5. The zero-order valence-corrected chi connectivity index (χ0v) is 11.5. The van der Waals surface area contributed by atoms with Crippen LogP contribution in [0.25, 0.3) is 0 Å². The van der Waals surface area contributed by atoms with Gasteiger partial charge in [-0.2, -0.15) is 4.98 Å². The SMILES string of the molecule is CCCN(CC(=O)OC)Cc1noc(C(C)C)n1. The first kappa shape index (κ1) is 14.6. The summed E-state index contributed by atoms with van der Waals surface area (Å²) < 4.78 is 9.80. The van der Waals surface area contributed by atoms with Crippen molar-refractivity contribution < 1.29 is 14.1 Å². The van der Waals surface area contributed by atoms with Gasteiger partial charge in [0, 0.05) is 5.92 Å². The van der Waals surface area contributed by atoms with Crippen LogP contribution in [0.4, 0.5) is 0 Å². The highest BCUT2D eigenvalue weighted by molar-refractivity contribution is 5.71. The lowest BCUT2D eigenvalue weighted by Gasteiger charge is -2.17. The Balaban J connectivity index is 2.61. The van der Waals surface area contributed by atoms with Crippen LogP contribution in [-0.4, -0.2) is 41.2 Å². The van der Waals surface area contributed by atoms with Crippen molar-refractivity contribution in [2.45, 2.75) is 39.7 Å². The average molecular weight is 255 g/mol. The van der Waals surface area contributed by atoms with Crippen LogP contribution in [0, 0.1) is 0 Å². The maximum Gasteiger partial charge on any atom is 0.319 e. The Labute approximate surface area is 107 Å². The van der Waals surface area contributed by atoms with Gasteiger partial charge in [0.1, 0.15) is 0 Å². The molecule has 0 radical (unpaired) electrons. The minimum Gasteiger partial charge on any atom is -0.468 e. The first-order chi connectivity index (χ1) is 8.56. The highest BCUT2D eigenvalue weighted by atomic mass is 16.5. The lowest BCUT2D eigenvalue weighted by atomic mass is 10.2. The van der Waals surface area contributed by atoms with Gasteiger partial charge in [0.2, 0.25) is 5.89 Å². The largest absolute Gasteiger partial charge is 0.468 e. The van der Waals surface area contributed by atoms with E-state index < -0.39 is 0 Å². The second-order valence-corrected chi connectivity index (χ2v) is 4.49. The van der Waals surface area contributed by atoms with Crippen molar-refractivity contribution in [3.05, 3.63) is 11.7 Å². The van der Waals surface area contributed by atoms with Crippen LogP contribution in [0.1, 0.15) is 44.8 Å². The van der Waals surface area contributed by atoms with Crippen molar-refractivity contribution in [2.75, 3.05) is 20.2 Å². The predicted octanol–water partition coefficient (Wildman–Crippen LogP) is 1.58. The number of hydrogen-bond donors (Lipinski definition) is 0. The maximum atomic E-state index is 11.3. The number of carbonyl (C=O) groups excluding carboxylic acids is 1. The molecular formula is C12H21N3O3. The Kier molecular flexibility index (Phi) is 5.77. The minimum atomic E-state index is -0.254. The maximum absolute atomic E-state index is 11.3. The van der Waals surface area contributed by atoms with Gasteiger partial charge in [-0.3, -0.25) is 9.69 Å². The number of aromatic nitrogens is 2. The second kappa shape index (κ2) is 7.10. The Morgan fingerprint density at radius 1 is 1.50 bits per heavy atom. The van der Waals surface area contributed by atoms with E-state index >= 15 is 0 Å². The van der Waals surface area contributed by atoms with Gasteiger partial charge in [0.05, 0.1) is 20.2 Å². The van der Waals surface area contributed by atoms with Gasteiger partial charge < -0.3 is 9.26 Å². The number of esters is 1. The van der Waals surface area contributed by atoms with Crippen LogP contribution in [0.5, 0.6) is 0 Å². The fourth-order valence-electron chi connectivity index (χ4n) is 1.54. The van der Waals surface area contributed by atoms with Gasteiger partial charge >= 0.3 is 5.97 Å². The lowest BCUT2D eigenvalue weighted by Crippen LogP contribution is -2.31. The summed E-state index contributed by atoms with van der Waals surface area (Å²) in [7, 11) is 1.39. The van der Waals surface area contributed by atoms with E-state index in [1.165, 1.54) is 7.11 Å². The fraction of sp³-hybridized carbons (Fsp3) is 0.750. The lowest BCUT2D eigenvalue weighted by molar-refractivity contribution is -0.142. The average Bonchev–Trinajstić information content (AvgIpc) is 2.77. The molecule has 6 heteroatoms. The normalized spacial score (nSPS) is 11.2. The molecule has 0 saturated heterocycles. The van der Waals surface area contributed by atoms with Crippen molar-refractivity contribution in [2.24, 2.45) is 0 Å². The number of ether oxygens (including phenoxy) is 1. The predicted molar refractivity (Wildman–Crippen MR) is 66.0 cm³/mol. The summed E-state index contributed by atoms with van der Waals surface area (Å²) in [6.07, 6.45) is 0.950. The van der Waals surface area contributed by atoms with Gasteiger partial charge in [-0.05, 0) is 13.0 Å². The van der Waals surface area contributed by atoms with E-state index in [1.54, 1.807) is 0 Å². The Morgan fingerprint density at radius 2 is 2.22 bits per heavy atom. The van der Waals surface area contributed by atoms with E-state index in [0.29, 0.717) is 18.3 Å². The van der Waals surface area contributed by atoms with E-state index in [1.807, 2.05) is 18.7 Å². The first-order valence-corrected chi connectivity index (χ1v) is 6.18. The third kappa shape index (κ3) is 4.44. The molecule has 0 aliphatic rings. The molecule has 1 rings (SSSR count). The van der Waals surface area contributed by atoms with Crippen LogP contribution in [0.3, 0.4) is 0 Å². The Hall–Kier alpha value is -1.43. The molecule has 1 aromatic heterocycles. The topological polar surface area (TPSA) is 68.5 Å². The molecule has 1 heterocycles. The van der Waals surface area contributed by atoms with Gasteiger partial charge in [-0.15, -0.1) is 0 Å². The third-order valence-corrected chi connectivity index (χ3v) is 2.46. The number of nitrogens with zero attached hydrogens (tertiary/aromatic N) is 3. The van der Waals surface area contributed by atoms with Crippen molar-refractivity contribution in [1.82, 2.24) is 15.0 Å². The van der Waals surface area contributed by atoms with Crippen LogP contribution >= 0.6 is 0 Å². The highest BCUT2D eigenvalue weighted by Crippen LogP contribution is 2.12. The van der Waals surface area contributed by atoms with Crippen molar-refractivity contribution >= 4 is 5.97 Å². The monoisotopic (exact) mass is 255 g/mol. The van der Waals surface area contributed by atoms with E-state index in [4.69, 9.17) is 4.52 Å². The molecule has 18 heavy (non-hydrogen) atoms. The zero-order chi connectivity index (χ0) is 13.5. The molecule has 0 fully saturated rings. The molecule has 0 N–H and O–H groups in total. The van der Waals surface area contributed by atoms with E-state index in [0.717, 1.165) is 13.0 Å². The Bertz CT molecular complexity index is 376. The van der Waals surface area contributed by atoms with E-state index in [-0.39, 0.29) is 18.4 Å². The molecule has 0 atom stereocenters. The van der Waals surface area contributed by atoms with Crippen LogP contribution in [-0.2, 0) is 16.1 Å². The van der Waals surface area contributed by atoms with Crippen molar-refractivity contribution in [3.63, 3.8) is 0 Å². The highest BCUT2D eigenvalue weighted by Gasteiger charge is 2.15. The van der Waals surface area contributed by atoms with Gasteiger partial charge in [0.15, 0.2) is 5.82 Å². The molecule has 6 nitrogen and oxygen atoms in total. The van der Waals surface area contributed by atoms with Crippen molar-refractivity contribution in [3.8, 4) is 0 Å². The molecule has 0 aliphatic carbocycles. The Morgan fingerprint density at radius 3 is 2.72 bits per heavy atom. The summed E-state index contributed by atoms with van der Waals surface area (Å²) >= 11 is 0. The summed E-state index contributed by atoms with van der Waals surface area (Å²) in [6, 6.07) is 0. The molecule has 0 aliphatic heterocycles.